The van der Waals surface area contributed by atoms with Gasteiger partial charge >= 0.3 is 0 Å². The van der Waals surface area contributed by atoms with Gasteiger partial charge in [0.05, 0.1) is 18.6 Å². The molecule has 1 saturated carbocycles. The molecule has 0 aromatic heterocycles. The van der Waals surface area contributed by atoms with Crippen molar-refractivity contribution in [3.05, 3.63) is 58.6 Å². The molecule has 0 bridgehead atoms. The molecular formula is C27H36BrN3O5S. The maximum absolute atomic E-state index is 13.7. The Labute approximate surface area is 228 Å². The second-order valence-corrected chi connectivity index (χ2v) is 12.2. The van der Waals surface area contributed by atoms with Crippen molar-refractivity contribution in [3.63, 3.8) is 0 Å². The van der Waals surface area contributed by atoms with Crippen LogP contribution in [-0.2, 0) is 26.2 Å². The van der Waals surface area contributed by atoms with Crippen LogP contribution in [0.5, 0.6) is 5.75 Å². The van der Waals surface area contributed by atoms with Gasteiger partial charge in [0, 0.05) is 17.1 Å². The second-order valence-electron chi connectivity index (χ2n) is 9.37. The molecule has 2 amide bonds. The molecule has 1 atom stereocenters. The Kier molecular flexibility index (Phi) is 10.4. The summed E-state index contributed by atoms with van der Waals surface area (Å²) in [5, 5.41) is 3.10. The van der Waals surface area contributed by atoms with Gasteiger partial charge in [-0.2, -0.15) is 0 Å². The van der Waals surface area contributed by atoms with E-state index in [1.165, 1.54) is 11.3 Å². The van der Waals surface area contributed by atoms with E-state index in [1.807, 2.05) is 31.2 Å². The van der Waals surface area contributed by atoms with Gasteiger partial charge in [0.25, 0.3) is 0 Å². The van der Waals surface area contributed by atoms with Crippen LogP contribution in [0.3, 0.4) is 0 Å². The van der Waals surface area contributed by atoms with Crippen LogP contribution in [0.25, 0.3) is 0 Å². The quantitative estimate of drug-likeness (QED) is 0.414. The number of nitrogens with zero attached hydrogens (tertiary/aromatic N) is 2. The third-order valence-corrected chi connectivity index (χ3v) is 8.11. The summed E-state index contributed by atoms with van der Waals surface area (Å²) in [5.74, 6) is -0.0943. The summed E-state index contributed by atoms with van der Waals surface area (Å²) >= 11 is 3.45. The Hall–Kier alpha value is -2.59. The monoisotopic (exact) mass is 593 g/mol. The van der Waals surface area contributed by atoms with Crippen LogP contribution in [0.4, 0.5) is 5.69 Å². The fraction of sp³-hybridized carbons (Fsp3) is 0.481. The molecule has 8 nitrogen and oxygen atoms in total. The number of amides is 2. The SMILES string of the molecule is CCOc1ccc(N(CC(=O)N(Cc2cccc(Br)c2)[C@H](C)C(=O)NC2CCCCC2)S(C)(=O)=O)cc1. The largest absolute Gasteiger partial charge is 0.494 e. The van der Waals surface area contributed by atoms with E-state index in [9.17, 15) is 18.0 Å². The van der Waals surface area contributed by atoms with Crippen molar-refractivity contribution in [1.29, 1.82) is 0 Å². The predicted octanol–water partition coefficient (Wildman–Crippen LogP) is 4.48. The Bertz CT molecular complexity index is 1170. The van der Waals surface area contributed by atoms with E-state index in [4.69, 9.17) is 4.74 Å². The number of anilines is 1. The van der Waals surface area contributed by atoms with Crippen molar-refractivity contribution < 1.29 is 22.7 Å². The highest BCUT2D eigenvalue weighted by atomic mass is 79.9. The average molecular weight is 595 g/mol. The number of nitrogens with one attached hydrogen (secondary N) is 1. The van der Waals surface area contributed by atoms with Gasteiger partial charge in [-0.05, 0) is 68.7 Å². The number of sulfonamides is 1. The van der Waals surface area contributed by atoms with Gasteiger partial charge in [0.2, 0.25) is 21.8 Å². The van der Waals surface area contributed by atoms with Crippen molar-refractivity contribution in [3.8, 4) is 5.75 Å². The number of rotatable bonds is 11. The normalized spacial score (nSPS) is 15.0. The van der Waals surface area contributed by atoms with Crippen LogP contribution < -0.4 is 14.4 Å². The number of carbonyl (C=O) groups excluding carboxylic acids is 2. The van der Waals surface area contributed by atoms with Crippen molar-refractivity contribution >= 4 is 43.5 Å². The molecule has 0 spiro atoms. The third kappa shape index (κ3) is 8.46. The van der Waals surface area contributed by atoms with Crippen LogP contribution in [0.2, 0.25) is 0 Å². The van der Waals surface area contributed by atoms with Crippen molar-refractivity contribution in [1.82, 2.24) is 10.2 Å². The zero-order chi connectivity index (χ0) is 27.0. The minimum Gasteiger partial charge on any atom is -0.494 e. The molecule has 3 rings (SSSR count). The molecule has 10 heteroatoms. The van der Waals surface area contributed by atoms with Gasteiger partial charge in [-0.25, -0.2) is 8.42 Å². The molecule has 202 valence electrons. The van der Waals surface area contributed by atoms with Crippen LogP contribution >= 0.6 is 15.9 Å². The molecule has 1 N–H and O–H groups in total. The lowest BCUT2D eigenvalue weighted by molar-refractivity contribution is -0.139. The van der Waals surface area contributed by atoms with Gasteiger partial charge < -0.3 is 15.0 Å². The summed E-state index contributed by atoms with van der Waals surface area (Å²) in [6, 6.07) is 13.4. The van der Waals surface area contributed by atoms with Crippen LogP contribution in [0.15, 0.2) is 53.0 Å². The fourth-order valence-electron chi connectivity index (χ4n) is 4.47. The molecule has 37 heavy (non-hydrogen) atoms. The first kappa shape index (κ1) is 29.0. The highest BCUT2D eigenvalue weighted by Gasteiger charge is 2.31. The number of hydrogen-bond acceptors (Lipinski definition) is 5. The standard InChI is InChI=1S/C27H36BrN3O5S/c1-4-36-25-15-13-24(14-16-25)31(37(3,34)35)19-26(32)30(18-21-9-8-10-22(28)17-21)20(2)27(33)29-23-11-6-5-7-12-23/h8-10,13-17,20,23H,4-7,11-12,18-19H2,1-3H3,(H,29,33)/t20-/m1/s1. The second kappa shape index (κ2) is 13.3. The number of hydrogen-bond donors (Lipinski definition) is 1. The summed E-state index contributed by atoms with van der Waals surface area (Å²) in [7, 11) is -3.78. The minimum atomic E-state index is -3.78. The number of carbonyl (C=O) groups is 2. The first-order chi connectivity index (χ1) is 17.6. The third-order valence-electron chi connectivity index (χ3n) is 6.48. The molecule has 0 aliphatic heterocycles. The summed E-state index contributed by atoms with van der Waals surface area (Å²) < 4.78 is 32.8. The Morgan fingerprint density at radius 1 is 1.11 bits per heavy atom. The summed E-state index contributed by atoms with van der Waals surface area (Å²) in [6.45, 7) is 3.77. The minimum absolute atomic E-state index is 0.0999. The molecule has 1 aliphatic rings. The molecule has 2 aromatic carbocycles. The molecule has 0 radical (unpaired) electrons. The molecule has 0 heterocycles. The first-order valence-electron chi connectivity index (χ1n) is 12.6. The number of benzene rings is 2. The van der Waals surface area contributed by atoms with Crippen LogP contribution in [-0.4, -0.2) is 56.6 Å². The van der Waals surface area contributed by atoms with Crippen molar-refractivity contribution in [2.24, 2.45) is 0 Å². The topological polar surface area (TPSA) is 96.0 Å². The van der Waals surface area contributed by atoms with E-state index in [2.05, 4.69) is 21.2 Å². The highest BCUT2D eigenvalue weighted by Crippen LogP contribution is 2.23. The average Bonchev–Trinajstić information content (AvgIpc) is 2.86. The van der Waals surface area contributed by atoms with Crippen molar-refractivity contribution in [2.45, 2.75) is 64.6 Å². The summed E-state index contributed by atoms with van der Waals surface area (Å²) in [5.41, 5.74) is 1.17. The van der Waals surface area contributed by atoms with E-state index >= 15 is 0 Å². The fourth-order valence-corrected chi connectivity index (χ4v) is 5.77. The van der Waals surface area contributed by atoms with E-state index < -0.39 is 28.5 Å². The summed E-state index contributed by atoms with van der Waals surface area (Å²) in [4.78, 5) is 28.3. The molecule has 0 unspecified atom stereocenters. The lowest BCUT2D eigenvalue weighted by Gasteiger charge is -2.33. The van der Waals surface area contributed by atoms with Gasteiger partial charge in [0.1, 0.15) is 18.3 Å². The van der Waals surface area contributed by atoms with Crippen LogP contribution in [0.1, 0.15) is 51.5 Å². The lowest BCUT2D eigenvalue weighted by atomic mass is 9.95. The number of halogens is 1. The molecular weight excluding hydrogens is 558 g/mol. The smallest absolute Gasteiger partial charge is 0.244 e. The Morgan fingerprint density at radius 3 is 2.38 bits per heavy atom. The summed E-state index contributed by atoms with van der Waals surface area (Å²) in [6.07, 6.45) is 6.24. The van der Waals surface area contributed by atoms with Gasteiger partial charge in [-0.3, -0.25) is 13.9 Å². The van der Waals surface area contributed by atoms with E-state index in [0.29, 0.717) is 18.0 Å². The zero-order valence-corrected chi connectivity index (χ0v) is 24.1. The first-order valence-corrected chi connectivity index (χ1v) is 15.3. The van der Waals surface area contributed by atoms with Gasteiger partial charge in [-0.1, -0.05) is 47.3 Å². The van der Waals surface area contributed by atoms with Crippen LogP contribution in [0, 0.1) is 0 Å². The predicted molar refractivity (Wildman–Crippen MR) is 149 cm³/mol. The maximum atomic E-state index is 13.7. The zero-order valence-electron chi connectivity index (χ0n) is 21.7. The highest BCUT2D eigenvalue weighted by molar-refractivity contribution is 9.10. The van der Waals surface area contributed by atoms with Crippen molar-refractivity contribution in [2.75, 3.05) is 23.7 Å². The lowest BCUT2D eigenvalue weighted by Crippen LogP contribution is -2.52. The molecule has 1 aliphatic carbocycles. The van der Waals surface area contributed by atoms with E-state index in [0.717, 1.165) is 46.3 Å². The molecule has 0 saturated heterocycles. The number of ether oxygens (including phenoxy) is 1. The van der Waals surface area contributed by atoms with E-state index in [-0.39, 0.29) is 18.5 Å². The Balaban J connectivity index is 1.85. The Morgan fingerprint density at radius 2 is 1.78 bits per heavy atom. The molecule has 1 fully saturated rings. The van der Waals surface area contributed by atoms with Gasteiger partial charge in [-0.15, -0.1) is 0 Å². The van der Waals surface area contributed by atoms with Gasteiger partial charge in [0.15, 0.2) is 0 Å². The molecule has 2 aromatic rings. The maximum Gasteiger partial charge on any atom is 0.244 e. The van der Waals surface area contributed by atoms with E-state index in [1.54, 1.807) is 31.2 Å².